The van der Waals surface area contributed by atoms with Crippen molar-refractivity contribution in [2.24, 2.45) is 0 Å². The van der Waals surface area contributed by atoms with Crippen molar-refractivity contribution in [3.05, 3.63) is 65.2 Å². The Morgan fingerprint density at radius 1 is 1.00 bits per heavy atom. The Morgan fingerprint density at radius 3 is 2.09 bits per heavy atom. The van der Waals surface area contributed by atoms with Gasteiger partial charge in [0.25, 0.3) is 0 Å². The number of ether oxygens (including phenoxy) is 2. The van der Waals surface area contributed by atoms with E-state index >= 15 is 0 Å². The zero-order valence-electron chi connectivity index (χ0n) is 14.3. The van der Waals surface area contributed by atoms with Gasteiger partial charge in [0.15, 0.2) is 0 Å². The lowest BCUT2D eigenvalue weighted by atomic mass is 9.78. The van der Waals surface area contributed by atoms with Crippen LogP contribution in [0.3, 0.4) is 0 Å². The van der Waals surface area contributed by atoms with Crippen LogP contribution < -0.4 is 4.74 Å². The van der Waals surface area contributed by atoms with Crippen molar-refractivity contribution in [2.45, 2.75) is 45.1 Å². The SMILES string of the molecule is CCCc1ccc(C(C)(C)c2ccc(OCC3CO3)cc2)cc1. The molecule has 0 aromatic heterocycles. The largest absolute Gasteiger partial charge is 0.491 e. The minimum absolute atomic E-state index is 0.0110. The van der Waals surface area contributed by atoms with Crippen LogP contribution in [-0.4, -0.2) is 19.3 Å². The fourth-order valence-electron chi connectivity index (χ4n) is 2.86. The van der Waals surface area contributed by atoms with Gasteiger partial charge in [-0.1, -0.05) is 63.6 Å². The second-order valence-electron chi connectivity index (χ2n) is 6.86. The Morgan fingerprint density at radius 2 is 1.57 bits per heavy atom. The average molecular weight is 310 g/mol. The van der Waals surface area contributed by atoms with Crippen molar-refractivity contribution in [1.82, 2.24) is 0 Å². The standard InChI is InChI=1S/C21H26O2/c1-4-5-16-6-8-17(9-7-16)21(2,3)18-10-12-19(13-11-18)22-14-20-15-23-20/h6-13,20H,4-5,14-15H2,1-3H3. The summed E-state index contributed by atoms with van der Waals surface area (Å²) in [6, 6.07) is 17.5. The molecule has 0 saturated carbocycles. The first-order valence-electron chi connectivity index (χ1n) is 8.54. The highest BCUT2D eigenvalue weighted by atomic mass is 16.6. The number of rotatable bonds is 7. The zero-order valence-corrected chi connectivity index (χ0v) is 14.3. The van der Waals surface area contributed by atoms with Crippen LogP contribution in [0.2, 0.25) is 0 Å². The molecule has 122 valence electrons. The molecule has 1 saturated heterocycles. The van der Waals surface area contributed by atoms with E-state index in [1.54, 1.807) is 0 Å². The third-order valence-corrected chi connectivity index (χ3v) is 4.63. The molecule has 1 unspecified atom stereocenters. The van der Waals surface area contributed by atoms with Crippen LogP contribution in [0.4, 0.5) is 0 Å². The van der Waals surface area contributed by atoms with Gasteiger partial charge in [-0.2, -0.15) is 0 Å². The maximum absolute atomic E-state index is 5.72. The van der Waals surface area contributed by atoms with Crippen LogP contribution in [0.15, 0.2) is 48.5 Å². The topological polar surface area (TPSA) is 21.8 Å². The van der Waals surface area contributed by atoms with E-state index < -0.39 is 0 Å². The Hall–Kier alpha value is -1.80. The molecule has 1 fully saturated rings. The quantitative estimate of drug-likeness (QED) is 0.689. The molecule has 0 amide bonds. The molecule has 1 heterocycles. The van der Waals surface area contributed by atoms with Crippen LogP contribution in [0, 0.1) is 0 Å². The summed E-state index contributed by atoms with van der Waals surface area (Å²) in [6.07, 6.45) is 2.64. The van der Waals surface area contributed by atoms with E-state index in [2.05, 4.69) is 69.3 Å². The molecule has 23 heavy (non-hydrogen) atoms. The maximum Gasteiger partial charge on any atom is 0.119 e. The molecule has 2 heteroatoms. The minimum atomic E-state index is -0.0110. The van der Waals surface area contributed by atoms with Crippen LogP contribution in [0.5, 0.6) is 5.75 Å². The molecule has 0 spiro atoms. The fourth-order valence-corrected chi connectivity index (χ4v) is 2.86. The Labute approximate surface area is 139 Å². The smallest absolute Gasteiger partial charge is 0.119 e. The summed E-state index contributed by atoms with van der Waals surface area (Å²) in [4.78, 5) is 0. The number of aryl methyl sites for hydroxylation is 1. The highest BCUT2D eigenvalue weighted by molar-refractivity contribution is 5.40. The van der Waals surface area contributed by atoms with Crippen LogP contribution >= 0.6 is 0 Å². The summed E-state index contributed by atoms with van der Waals surface area (Å²) < 4.78 is 10.9. The van der Waals surface area contributed by atoms with Gasteiger partial charge in [0, 0.05) is 5.41 Å². The predicted octanol–water partition coefficient (Wildman–Crippen LogP) is 4.74. The zero-order chi connectivity index (χ0) is 16.3. The molecule has 2 aromatic rings. The van der Waals surface area contributed by atoms with Gasteiger partial charge >= 0.3 is 0 Å². The third-order valence-electron chi connectivity index (χ3n) is 4.63. The Kier molecular flexibility index (Phi) is 4.72. The fraction of sp³-hybridized carbons (Fsp3) is 0.429. The molecule has 1 atom stereocenters. The molecule has 0 bridgehead atoms. The normalized spacial score (nSPS) is 17.1. The molecule has 3 rings (SSSR count). The summed E-state index contributed by atoms with van der Waals surface area (Å²) in [5.74, 6) is 0.915. The molecular formula is C21H26O2. The number of hydrogen-bond acceptors (Lipinski definition) is 2. The van der Waals surface area contributed by atoms with Gasteiger partial charge in [0.05, 0.1) is 6.61 Å². The van der Waals surface area contributed by atoms with Gasteiger partial charge in [-0.3, -0.25) is 0 Å². The average Bonchev–Trinajstić information content (AvgIpc) is 3.39. The molecule has 2 aromatic carbocycles. The second kappa shape index (κ2) is 6.76. The predicted molar refractivity (Wildman–Crippen MR) is 94.2 cm³/mol. The van der Waals surface area contributed by atoms with E-state index in [4.69, 9.17) is 9.47 Å². The number of hydrogen-bond donors (Lipinski definition) is 0. The third kappa shape index (κ3) is 3.94. The van der Waals surface area contributed by atoms with Crippen molar-refractivity contribution in [3.63, 3.8) is 0 Å². The molecular weight excluding hydrogens is 284 g/mol. The first-order chi connectivity index (χ1) is 11.1. The van der Waals surface area contributed by atoms with Crippen molar-refractivity contribution < 1.29 is 9.47 Å². The molecule has 0 radical (unpaired) electrons. The first kappa shape index (κ1) is 16.1. The lowest BCUT2D eigenvalue weighted by Gasteiger charge is -2.26. The summed E-state index contributed by atoms with van der Waals surface area (Å²) in [5.41, 5.74) is 4.05. The van der Waals surface area contributed by atoms with Gasteiger partial charge < -0.3 is 9.47 Å². The molecule has 2 nitrogen and oxygen atoms in total. The molecule has 1 aliphatic rings. The summed E-state index contributed by atoms with van der Waals surface area (Å²) >= 11 is 0. The molecule has 1 aliphatic heterocycles. The highest BCUT2D eigenvalue weighted by Crippen LogP contribution is 2.32. The van der Waals surface area contributed by atoms with Gasteiger partial charge in [0.2, 0.25) is 0 Å². The lowest BCUT2D eigenvalue weighted by Crippen LogP contribution is -2.18. The maximum atomic E-state index is 5.72. The van der Waals surface area contributed by atoms with Gasteiger partial charge in [-0.25, -0.2) is 0 Å². The van der Waals surface area contributed by atoms with E-state index in [1.807, 2.05) is 0 Å². The Balaban J connectivity index is 1.72. The minimum Gasteiger partial charge on any atom is -0.491 e. The van der Waals surface area contributed by atoms with Gasteiger partial charge in [0.1, 0.15) is 18.5 Å². The van der Waals surface area contributed by atoms with Crippen LogP contribution in [0.1, 0.15) is 43.9 Å². The van der Waals surface area contributed by atoms with E-state index in [0.29, 0.717) is 12.7 Å². The van der Waals surface area contributed by atoms with Crippen molar-refractivity contribution in [2.75, 3.05) is 13.2 Å². The van der Waals surface area contributed by atoms with Gasteiger partial charge in [-0.05, 0) is 35.2 Å². The molecule has 0 N–H and O–H groups in total. The summed E-state index contributed by atoms with van der Waals surface area (Å²) in [7, 11) is 0. The second-order valence-corrected chi connectivity index (χ2v) is 6.86. The van der Waals surface area contributed by atoms with Crippen LogP contribution in [0.25, 0.3) is 0 Å². The summed E-state index contributed by atoms with van der Waals surface area (Å²) in [5, 5.41) is 0. The first-order valence-corrected chi connectivity index (χ1v) is 8.54. The monoisotopic (exact) mass is 310 g/mol. The van der Waals surface area contributed by atoms with E-state index in [-0.39, 0.29) is 5.41 Å². The molecule has 0 aliphatic carbocycles. The Bertz CT molecular complexity index is 622. The summed E-state index contributed by atoms with van der Waals surface area (Å²) in [6.45, 7) is 8.25. The van der Waals surface area contributed by atoms with Crippen molar-refractivity contribution in [1.29, 1.82) is 0 Å². The van der Waals surface area contributed by atoms with E-state index in [1.165, 1.54) is 23.1 Å². The van der Waals surface area contributed by atoms with Crippen molar-refractivity contribution >= 4 is 0 Å². The number of benzene rings is 2. The van der Waals surface area contributed by atoms with E-state index in [9.17, 15) is 0 Å². The lowest BCUT2D eigenvalue weighted by molar-refractivity contribution is 0.263. The number of epoxide rings is 1. The van der Waals surface area contributed by atoms with Crippen molar-refractivity contribution in [3.8, 4) is 5.75 Å². The highest BCUT2D eigenvalue weighted by Gasteiger charge is 2.24. The van der Waals surface area contributed by atoms with Gasteiger partial charge in [-0.15, -0.1) is 0 Å². The van der Waals surface area contributed by atoms with Crippen LogP contribution in [-0.2, 0) is 16.6 Å². The van der Waals surface area contributed by atoms with E-state index in [0.717, 1.165) is 18.8 Å².